The molecule has 33 heavy (non-hydrogen) atoms. The molecule has 0 atom stereocenters. The Morgan fingerprint density at radius 3 is 2.18 bits per heavy atom. The van der Waals surface area contributed by atoms with E-state index in [-0.39, 0.29) is 0 Å². The number of ether oxygens (including phenoxy) is 1. The first-order chi connectivity index (χ1) is 16.1. The van der Waals surface area contributed by atoms with Crippen LogP contribution in [0.1, 0.15) is 15.9 Å². The molecule has 3 aromatic carbocycles. The average molecular weight is 464 g/mol. The molecular weight excluding hydrogens is 438 g/mol. The second-order valence-electron chi connectivity index (χ2n) is 7.75. The SMILES string of the molecule is COc1ccc(N2CCN(C/C(=N/OC(=O)c3ccc(Cl)cc3)c3ccccc3)CC2)cc1. The normalized spacial score (nSPS) is 14.7. The number of hydrogen-bond acceptors (Lipinski definition) is 6. The Morgan fingerprint density at radius 1 is 0.879 bits per heavy atom. The van der Waals surface area contributed by atoms with E-state index in [0.717, 1.165) is 43.2 Å². The molecule has 0 aliphatic carbocycles. The Morgan fingerprint density at radius 2 is 1.55 bits per heavy atom. The fourth-order valence-corrected chi connectivity index (χ4v) is 3.83. The van der Waals surface area contributed by atoms with Crippen molar-refractivity contribution in [3.05, 3.63) is 95.0 Å². The number of methoxy groups -OCH3 is 1. The van der Waals surface area contributed by atoms with Crippen LogP contribution in [0.2, 0.25) is 5.02 Å². The third kappa shape index (κ3) is 6.12. The minimum atomic E-state index is -0.510. The van der Waals surface area contributed by atoms with Gasteiger partial charge in [0.25, 0.3) is 0 Å². The van der Waals surface area contributed by atoms with E-state index in [2.05, 4.69) is 27.1 Å². The molecule has 1 aliphatic rings. The van der Waals surface area contributed by atoms with Crippen molar-refractivity contribution >= 4 is 29.0 Å². The van der Waals surface area contributed by atoms with Crippen molar-refractivity contribution in [1.82, 2.24) is 4.90 Å². The summed E-state index contributed by atoms with van der Waals surface area (Å²) >= 11 is 5.90. The molecule has 3 aromatic rings. The highest BCUT2D eigenvalue weighted by molar-refractivity contribution is 6.30. The first-order valence-electron chi connectivity index (χ1n) is 10.8. The Hall–Kier alpha value is -3.35. The summed E-state index contributed by atoms with van der Waals surface area (Å²) < 4.78 is 5.25. The predicted octanol–water partition coefficient (Wildman–Crippen LogP) is 4.73. The maximum atomic E-state index is 12.4. The van der Waals surface area contributed by atoms with Gasteiger partial charge in [0.15, 0.2) is 0 Å². The second kappa shape index (κ2) is 11.0. The number of halogens is 1. The molecular formula is C26H26ClN3O3. The van der Waals surface area contributed by atoms with Crippen LogP contribution in [0.4, 0.5) is 5.69 Å². The van der Waals surface area contributed by atoms with E-state index in [1.807, 2.05) is 42.5 Å². The highest BCUT2D eigenvalue weighted by Gasteiger charge is 2.20. The molecule has 0 N–H and O–H groups in total. The van der Waals surface area contributed by atoms with Crippen LogP contribution in [0.3, 0.4) is 0 Å². The molecule has 0 unspecified atom stereocenters. The fraction of sp³-hybridized carbons (Fsp3) is 0.231. The van der Waals surface area contributed by atoms with Gasteiger partial charge in [-0.15, -0.1) is 0 Å². The topological polar surface area (TPSA) is 54.4 Å². The molecule has 6 nitrogen and oxygen atoms in total. The smallest absolute Gasteiger partial charge is 0.365 e. The number of piperazine rings is 1. The number of hydrogen-bond donors (Lipinski definition) is 0. The van der Waals surface area contributed by atoms with Crippen LogP contribution in [0, 0.1) is 0 Å². The van der Waals surface area contributed by atoms with Gasteiger partial charge in [-0.05, 0) is 48.5 Å². The van der Waals surface area contributed by atoms with Crippen molar-refractivity contribution in [2.24, 2.45) is 5.16 Å². The molecule has 1 fully saturated rings. The lowest BCUT2D eigenvalue weighted by Gasteiger charge is -2.36. The standard InChI is InChI=1S/C26H26ClN3O3/c1-32-24-13-11-23(12-14-24)30-17-15-29(16-18-30)19-25(20-5-3-2-4-6-20)28-33-26(31)21-7-9-22(27)10-8-21/h2-14H,15-19H2,1H3/b28-25-. The number of carbonyl (C=O) groups excluding carboxylic acids is 1. The van der Waals surface area contributed by atoms with Crippen molar-refractivity contribution in [2.75, 3.05) is 44.7 Å². The van der Waals surface area contributed by atoms with E-state index >= 15 is 0 Å². The lowest BCUT2D eigenvalue weighted by Crippen LogP contribution is -2.48. The fourth-order valence-electron chi connectivity index (χ4n) is 3.71. The number of anilines is 1. The van der Waals surface area contributed by atoms with Gasteiger partial charge in [-0.3, -0.25) is 4.90 Å². The van der Waals surface area contributed by atoms with Crippen LogP contribution in [0.5, 0.6) is 5.75 Å². The van der Waals surface area contributed by atoms with Gasteiger partial charge in [-0.25, -0.2) is 4.79 Å². The lowest BCUT2D eigenvalue weighted by molar-refractivity contribution is 0.0514. The monoisotopic (exact) mass is 463 g/mol. The van der Waals surface area contributed by atoms with Gasteiger partial charge in [0.2, 0.25) is 0 Å². The van der Waals surface area contributed by atoms with E-state index in [0.29, 0.717) is 17.1 Å². The summed E-state index contributed by atoms with van der Waals surface area (Å²) in [6.07, 6.45) is 0. The maximum Gasteiger partial charge on any atom is 0.365 e. The lowest BCUT2D eigenvalue weighted by atomic mass is 10.1. The Kier molecular flexibility index (Phi) is 7.60. The number of carbonyl (C=O) groups is 1. The first kappa shape index (κ1) is 22.8. The largest absolute Gasteiger partial charge is 0.497 e. The molecule has 1 heterocycles. The van der Waals surface area contributed by atoms with Gasteiger partial charge in [-0.1, -0.05) is 47.1 Å². The maximum absolute atomic E-state index is 12.4. The summed E-state index contributed by atoms with van der Waals surface area (Å²) in [5.41, 5.74) is 3.24. The summed E-state index contributed by atoms with van der Waals surface area (Å²) in [6.45, 7) is 4.15. The van der Waals surface area contributed by atoms with Crippen molar-refractivity contribution in [3.63, 3.8) is 0 Å². The predicted molar refractivity (Wildman–Crippen MR) is 131 cm³/mol. The van der Waals surface area contributed by atoms with Gasteiger partial charge in [0.05, 0.1) is 12.7 Å². The molecule has 4 rings (SSSR count). The Bertz CT molecular complexity index is 1080. The molecule has 0 saturated carbocycles. The van der Waals surface area contributed by atoms with Crippen molar-refractivity contribution in [3.8, 4) is 5.75 Å². The molecule has 0 bridgehead atoms. The minimum Gasteiger partial charge on any atom is -0.497 e. The van der Waals surface area contributed by atoms with Crippen LogP contribution in [-0.4, -0.2) is 56.4 Å². The number of nitrogens with zero attached hydrogens (tertiary/aromatic N) is 3. The Balaban J connectivity index is 1.41. The molecule has 0 aromatic heterocycles. The highest BCUT2D eigenvalue weighted by atomic mass is 35.5. The molecule has 170 valence electrons. The van der Waals surface area contributed by atoms with Crippen LogP contribution < -0.4 is 9.64 Å². The zero-order valence-electron chi connectivity index (χ0n) is 18.5. The summed E-state index contributed by atoms with van der Waals surface area (Å²) in [6, 6.07) is 24.5. The molecule has 0 radical (unpaired) electrons. The van der Waals surface area contributed by atoms with Crippen molar-refractivity contribution in [2.45, 2.75) is 0 Å². The van der Waals surface area contributed by atoms with E-state index in [9.17, 15) is 4.79 Å². The molecule has 0 spiro atoms. The molecule has 7 heteroatoms. The zero-order valence-corrected chi connectivity index (χ0v) is 19.2. The number of benzene rings is 3. The third-order valence-corrected chi connectivity index (χ3v) is 5.86. The van der Waals surface area contributed by atoms with Crippen LogP contribution in [0.25, 0.3) is 0 Å². The van der Waals surface area contributed by atoms with E-state index < -0.39 is 5.97 Å². The van der Waals surface area contributed by atoms with Gasteiger partial charge in [-0.2, -0.15) is 0 Å². The number of oxime groups is 1. The number of rotatable bonds is 7. The molecule has 1 saturated heterocycles. The van der Waals surface area contributed by atoms with Crippen LogP contribution in [0.15, 0.2) is 84.0 Å². The minimum absolute atomic E-state index is 0.406. The summed E-state index contributed by atoms with van der Waals surface area (Å²) in [5, 5.41) is 4.81. The highest BCUT2D eigenvalue weighted by Crippen LogP contribution is 2.21. The Labute approximate surface area is 199 Å². The van der Waals surface area contributed by atoms with Gasteiger partial charge in [0, 0.05) is 49.0 Å². The van der Waals surface area contributed by atoms with E-state index in [4.69, 9.17) is 21.2 Å². The van der Waals surface area contributed by atoms with E-state index in [1.54, 1.807) is 31.4 Å². The third-order valence-electron chi connectivity index (χ3n) is 5.61. The molecule has 0 amide bonds. The van der Waals surface area contributed by atoms with Gasteiger partial charge in [0.1, 0.15) is 11.5 Å². The van der Waals surface area contributed by atoms with Crippen molar-refractivity contribution in [1.29, 1.82) is 0 Å². The summed E-state index contributed by atoms with van der Waals surface area (Å²) in [7, 11) is 1.67. The quantitative estimate of drug-likeness (QED) is 0.288. The van der Waals surface area contributed by atoms with Crippen LogP contribution >= 0.6 is 11.6 Å². The van der Waals surface area contributed by atoms with Gasteiger partial charge >= 0.3 is 5.97 Å². The first-order valence-corrected chi connectivity index (χ1v) is 11.2. The van der Waals surface area contributed by atoms with Gasteiger partial charge < -0.3 is 14.5 Å². The average Bonchev–Trinajstić information content (AvgIpc) is 2.88. The van der Waals surface area contributed by atoms with Crippen LogP contribution in [-0.2, 0) is 4.84 Å². The zero-order chi connectivity index (χ0) is 23.0. The van der Waals surface area contributed by atoms with E-state index in [1.165, 1.54) is 5.69 Å². The second-order valence-corrected chi connectivity index (χ2v) is 8.19. The molecule has 1 aliphatic heterocycles. The summed E-state index contributed by atoms with van der Waals surface area (Å²) in [5.74, 6) is 0.346. The van der Waals surface area contributed by atoms with Crippen molar-refractivity contribution < 1.29 is 14.4 Å². The summed E-state index contributed by atoms with van der Waals surface area (Å²) in [4.78, 5) is 22.4.